The van der Waals surface area contributed by atoms with Gasteiger partial charge in [-0.3, -0.25) is 4.79 Å². The second kappa shape index (κ2) is 7.26. The maximum absolute atomic E-state index is 12.5. The Morgan fingerprint density at radius 2 is 2.20 bits per heavy atom. The number of rotatable bonds is 6. The number of carbonyl (C=O) groups is 1. The van der Waals surface area contributed by atoms with Crippen LogP contribution in [0.5, 0.6) is 5.75 Å². The van der Waals surface area contributed by atoms with E-state index in [1.807, 2.05) is 23.1 Å². The molecule has 0 unspecified atom stereocenters. The summed E-state index contributed by atoms with van der Waals surface area (Å²) in [6.07, 6.45) is 0.981. The Bertz CT molecular complexity index is 450. The number of nitrogens with zero attached hydrogens (tertiary/aromatic N) is 1. The molecule has 0 radical (unpaired) electrons. The van der Waals surface area contributed by atoms with E-state index in [0.29, 0.717) is 37.0 Å². The van der Waals surface area contributed by atoms with Crippen molar-refractivity contribution in [3.8, 4) is 5.75 Å². The molecule has 0 bridgehead atoms. The second-order valence-corrected chi connectivity index (χ2v) is 4.98. The van der Waals surface area contributed by atoms with Gasteiger partial charge in [-0.05, 0) is 31.0 Å². The predicted molar refractivity (Wildman–Crippen MR) is 76.9 cm³/mol. The number of likely N-dealkylation sites (tertiary alicyclic amines) is 1. The zero-order valence-electron chi connectivity index (χ0n) is 11.9. The fraction of sp³-hybridized carbons (Fsp3) is 0.533. The molecule has 5 nitrogen and oxygen atoms in total. The molecule has 1 aliphatic heterocycles. The van der Waals surface area contributed by atoms with Gasteiger partial charge in [-0.2, -0.15) is 0 Å². The lowest BCUT2D eigenvalue weighted by molar-refractivity contribution is 0.0780. The van der Waals surface area contributed by atoms with E-state index in [9.17, 15) is 4.79 Å². The van der Waals surface area contributed by atoms with Crippen molar-refractivity contribution in [1.82, 2.24) is 4.90 Å². The van der Waals surface area contributed by atoms with Crippen LogP contribution in [0.15, 0.2) is 24.3 Å². The number of para-hydroxylation sites is 1. The monoisotopic (exact) mass is 278 g/mol. The lowest BCUT2D eigenvalue weighted by Crippen LogP contribution is -2.30. The number of hydrogen-bond acceptors (Lipinski definition) is 4. The van der Waals surface area contributed by atoms with Crippen molar-refractivity contribution in [2.75, 3.05) is 40.0 Å². The first-order valence-electron chi connectivity index (χ1n) is 6.96. The van der Waals surface area contributed by atoms with Gasteiger partial charge < -0.3 is 20.1 Å². The second-order valence-electron chi connectivity index (χ2n) is 4.98. The molecular weight excluding hydrogens is 256 g/mol. The van der Waals surface area contributed by atoms with Gasteiger partial charge in [-0.25, -0.2) is 0 Å². The maximum Gasteiger partial charge on any atom is 0.257 e. The number of nitrogens with two attached hydrogens (primary N) is 1. The zero-order chi connectivity index (χ0) is 14.4. The molecule has 1 aromatic carbocycles. The number of hydrogen-bond donors (Lipinski definition) is 1. The minimum atomic E-state index is 0.0222. The van der Waals surface area contributed by atoms with Crippen LogP contribution in [0.4, 0.5) is 0 Å². The third-order valence-corrected chi connectivity index (χ3v) is 3.57. The lowest BCUT2D eigenvalue weighted by Gasteiger charge is -2.18. The third kappa shape index (κ3) is 3.49. The smallest absolute Gasteiger partial charge is 0.257 e. The van der Waals surface area contributed by atoms with Gasteiger partial charge in [-0.15, -0.1) is 0 Å². The number of methoxy groups -OCH3 is 1. The molecule has 1 atom stereocenters. The fourth-order valence-corrected chi connectivity index (χ4v) is 2.38. The molecule has 5 heteroatoms. The Hall–Kier alpha value is -1.59. The van der Waals surface area contributed by atoms with Crippen molar-refractivity contribution >= 4 is 5.91 Å². The Labute approximate surface area is 119 Å². The number of benzene rings is 1. The molecule has 1 fully saturated rings. The van der Waals surface area contributed by atoms with E-state index in [0.717, 1.165) is 19.5 Å². The Kier molecular flexibility index (Phi) is 5.38. The molecule has 110 valence electrons. The van der Waals surface area contributed by atoms with Gasteiger partial charge >= 0.3 is 0 Å². The Morgan fingerprint density at radius 3 is 2.90 bits per heavy atom. The Balaban J connectivity index is 2.05. The number of carbonyl (C=O) groups excluding carboxylic acids is 1. The standard InChI is InChI=1S/C15H22N2O3/c1-19-8-9-20-14-5-3-2-4-13(14)15(18)17-7-6-12(10-16)11-17/h2-5,12H,6-11,16H2,1H3/t12-/m0/s1. The van der Waals surface area contributed by atoms with Gasteiger partial charge in [0, 0.05) is 20.2 Å². The average molecular weight is 278 g/mol. The molecule has 0 spiro atoms. The van der Waals surface area contributed by atoms with E-state index in [2.05, 4.69) is 0 Å². The highest BCUT2D eigenvalue weighted by molar-refractivity contribution is 5.97. The molecule has 2 rings (SSSR count). The molecule has 1 amide bonds. The van der Waals surface area contributed by atoms with Crippen molar-refractivity contribution in [2.24, 2.45) is 11.7 Å². The van der Waals surface area contributed by atoms with E-state index in [4.69, 9.17) is 15.2 Å². The highest BCUT2D eigenvalue weighted by Crippen LogP contribution is 2.23. The van der Waals surface area contributed by atoms with Crippen molar-refractivity contribution in [3.05, 3.63) is 29.8 Å². The molecule has 1 heterocycles. The van der Waals surface area contributed by atoms with Crippen LogP contribution in [0.3, 0.4) is 0 Å². The van der Waals surface area contributed by atoms with Crippen LogP contribution in [0.2, 0.25) is 0 Å². The molecule has 0 saturated carbocycles. The van der Waals surface area contributed by atoms with E-state index in [-0.39, 0.29) is 5.91 Å². The summed E-state index contributed by atoms with van der Waals surface area (Å²) in [5, 5.41) is 0. The van der Waals surface area contributed by atoms with Crippen molar-refractivity contribution < 1.29 is 14.3 Å². The minimum absolute atomic E-state index is 0.0222. The quantitative estimate of drug-likeness (QED) is 0.792. The summed E-state index contributed by atoms with van der Waals surface area (Å²) in [6.45, 7) is 3.08. The van der Waals surface area contributed by atoms with Gasteiger partial charge in [0.05, 0.1) is 12.2 Å². The number of amides is 1. The van der Waals surface area contributed by atoms with Gasteiger partial charge in [0.2, 0.25) is 0 Å². The summed E-state index contributed by atoms with van der Waals surface area (Å²) in [7, 11) is 1.62. The van der Waals surface area contributed by atoms with Crippen molar-refractivity contribution in [1.29, 1.82) is 0 Å². The van der Waals surface area contributed by atoms with E-state index in [1.165, 1.54) is 0 Å². The Morgan fingerprint density at radius 1 is 1.40 bits per heavy atom. The van der Waals surface area contributed by atoms with Crippen LogP contribution in [0.25, 0.3) is 0 Å². The summed E-state index contributed by atoms with van der Waals surface area (Å²) < 4.78 is 10.6. The normalized spacial score (nSPS) is 18.3. The molecule has 0 aromatic heterocycles. The predicted octanol–water partition coefficient (Wildman–Crippen LogP) is 1.13. The molecule has 1 aromatic rings. The summed E-state index contributed by atoms with van der Waals surface area (Å²) in [5.41, 5.74) is 6.28. The lowest BCUT2D eigenvalue weighted by atomic mass is 10.1. The summed E-state index contributed by atoms with van der Waals surface area (Å²) in [4.78, 5) is 14.4. The van der Waals surface area contributed by atoms with Crippen LogP contribution < -0.4 is 10.5 Å². The van der Waals surface area contributed by atoms with Gasteiger partial charge in [0.15, 0.2) is 0 Å². The van der Waals surface area contributed by atoms with Gasteiger partial charge in [-0.1, -0.05) is 12.1 Å². The van der Waals surface area contributed by atoms with Crippen molar-refractivity contribution in [3.63, 3.8) is 0 Å². The van der Waals surface area contributed by atoms with Crippen LogP contribution in [-0.4, -0.2) is 50.8 Å². The molecule has 1 saturated heterocycles. The molecular formula is C15H22N2O3. The summed E-state index contributed by atoms with van der Waals surface area (Å²) in [5.74, 6) is 1.06. The topological polar surface area (TPSA) is 64.8 Å². The van der Waals surface area contributed by atoms with Crippen LogP contribution in [-0.2, 0) is 4.74 Å². The summed E-state index contributed by atoms with van der Waals surface area (Å²) >= 11 is 0. The van der Waals surface area contributed by atoms with Gasteiger partial charge in [0.1, 0.15) is 12.4 Å². The first-order chi connectivity index (χ1) is 9.76. The minimum Gasteiger partial charge on any atom is -0.490 e. The van der Waals surface area contributed by atoms with Crippen molar-refractivity contribution in [2.45, 2.75) is 6.42 Å². The highest BCUT2D eigenvalue weighted by Gasteiger charge is 2.27. The largest absolute Gasteiger partial charge is 0.490 e. The molecule has 20 heavy (non-hydrogen) atoms. The van der Waals surface area contributed by atoms with Crippen LogP contribution >= 0.6 is 0 Å². The van der Waals surface area contributed by atoms with E-state index < -0.39 is 0 Å². The molecule has 0 aliphatic carbocycles. The van der Waals surface area contributed by atoms with E-state index in [1.54, 1.807) is 13.2 Å². The third-order valence-electron chi connectivity index (χ3n) is 3.57. The fourth-order valence-electron chi connectivity index (χ4n) is 2.38. The van der Waals surface area contributed by atoms with Crippen LogP contribution in [0, 0.1) is 5.92 Å². The van der Waals surface area contributed by atoms with Crippen LogP contribution in [0.1, 0.15) is 16.8 Å². The zero-order valence-corrected chi connectivity index (χ0v) is 11.9. The van der Waals surface area contributed by atoms with Gasteiger partial charge in [0.25, 0.3) is 5.91 Å². The molecule has 1 aliphatic rings. The maximum atomic E-state index is 12.5. The molecule has 2 N–H and O–H groups in total. The number of ether oxygens (including phenoxy) is 2. The first kappa shape index (κ1) is 14.8. The summed E-state index contributed by atoms with van der Waals surface area (Å²) in [6, 6.07) is 7.35. The van der Waals surface area contributed by atoms with E-state index >= 15 is 0 Å². The first-order valence-corrected chi connectivity index (χ1v) is 6.96. The SMILES string of the molecule is COCCOc1ccccc1C(=O)N1CC[C@@H](CN)C1. The average Bonchev–Trinajstić information content (AvgIpc) is 2.96. The highest BCUT2D eigenvalue weighted by atomic mass is 16.5.